The predicted octanol–water partition coefficient (Wildman–Crippen LogP) is 6.58. The van der Waals surface area contributed by atoms with Crippen LogP contribution in [0, 0.1) is 7.14 Å². The second kappa shape index (κ2) is 11.4. The van der Waals surface area contributed by atoms with Crippen LogP contribution in [0.2, 0.25) is 5.02 Å². The maximum Gasteiger partial charge on any atom is 0.244 e. The molecule has 0 aliphatic rings. The number of amides is 1. The van der Waals surface area contributed by atoms with Crippen LogP contribution in [0.15, 0.2) is 70.2 Å². The van der Waals surface area contributed by atoms with Crippen molar-refractivity contribution in [2.24, 2.45) is 5.10 Å². The van der Waals surface area contributed by atoms with Crippen molar-refractivity contribution in [2.75, 3.05) is 0 Å². The molecule has 154 valence electrons. The van der Waals surface area contributed by atoms with Crippen LogP contribution in [0.5, 0.6) is 5.75 Å². The molecule has 4 nitrogen and oxygen atoms in total. The lowest BCUT2D eigenvalue weighted by atomic mass is 10.1. The molecule has 0 spiro atoms. The molecule has 3 rings (SSSR count). The molecule has 0 saturated heterocycles. The van der Waals surface area contributed by atoms with Crippen molar-refractivity contribution in [1.29, 1.82) is 0 Å². The van der Waals surface area contributed by atoms with Crippen LogP contribution in [0.1, 0.15) is 16.7 Å². The smallest absolute Gasteiger partial charge is 0.244 e. The maximum atomic E-state index is 12.1. The summed E-state index contributed by atoms with van der Waals surface area (Å²) in [4.78, 5) is 12.1. The van der Waals surface area contributed by atoms with Gasteiger partial charge in [-0.2, -0.15) is 5.10 Å². The number of ether oxygens (including phenoxy) is 1. The van der Waals surface area contributed by atoms with Gasteiger partial charge in [-0.3, -0.25) is 4.79 Å². The Balaban J connectivity index is 1.59. The molecule has 0 saturated carbocycles. The molecule has 30 heavy (non-hydrogen) atoms. The molecule has 1 N–H and O–H groups in total. The Morgan fingerprint density at radius 2 is 1.77 bits per heavy atom. The highest BCUT2D eigenvalue weighted by Gasteiger charge is 2.10. The molecular formula is C22H16BrClI2N2O2. The Hall–Kier alpha value is -1.17. The van der Waals surface area contributed by atoms with Crippen LogP contribution < -0.4 is 10.2 Å². The maximum absolute atomic E-state index is 12.1. The van der Waals surface area contributed by atoms with Gasteiger partial charge in [0.1, 0.15) is 12.4 Å². The fourth-order valence-electron chi connectivity index (χ4n) is 2.56. The number of carbonyl (C=O) groups excluding carboxylic acids is 1. The molecule has 0 unspecified atom stereocenters. The number of nitrogens with one attached hydrogen (secondary N) is 1. The zero-order valence-corrected chi connectivity index (χ0v) is 22.2. The fourth-order valence-corrected chi connectivity index (χ4v) is 5.15. The van der Waals surface area contributed by atoms with Gasteiger partial charge in [0.05, 0.1) is 19.8 Å². The zero-order chi connectivity index (χ0) is 21.5. The number of hydrazone groups is 1. The van der Waals surface area contributed by atoms with E-state index < -0.39 is 0 Å². The first-order valence-corrected chi connectivity index (χ1v) is 12.2. The highest BCUT2D eigenvalue weighted by atomic mass is 127. The Labute approximate surface area is 215 Å². The number of nitrogens with zero attached hydrogens (tertiary/aromatic N) is 1. The van der Waals surface area contributed by atoms with E-state index in [1.54, 1.807) is 6.21 Å². The SMILES string of the molecule is O=C(Cc1ccc(Br)cc1)N/N=C\c1cc(I)c(OCc2ccccc2Cl)c(I)c1. The highest BCUT2D eigenvalue weighted by molar-refractivity contribution is 14.1. The minimum absolute atomic E-state index is 0.169. The van der Waals surface area contributed by atoms with Gasteiger partial charge >= 0.3 is 0 Å². The van der Waals surface area contributed by atoms with Gasteiger partial charge in [-0.25, -0.2) is 5.43 Å². The van der Waals surface area contributed by atoms with E-state index in [9.17, 15) is 4.79 Å². The lowest BCUT2D eigenvalue weighted by molar-refractivity contribution is -0.120. The quantitative estimate of drug-likeness (QED) is 0.171. The van der Waals surface area contributed by atoms with Crippen molar-refractivity contribution in [3.05, 3.63) is 94.0 Å². The van der Waals surface area contributed by atoms with E-state index in [1.165, 1.54) is 0 Å². The standard InChI is InChI=1S/C22H16BrClI2N2O2/c23-17-7-5-14(6-8-17)11-21(29)28-27-12-15-9-19(25)22(20(26)10-15)30-13-16-3-1-2-4-18(16)24/h1-10,12H,11,13H2,(H,28,29)/b27-12-. The molecular weight excluding hydrogens is 693 g/mol. The second-order valence-electron chi connectivity index (χ2n) is 6.29. The average molecular weight is 710 g/mol. The Kier molecular flexibility index (Phi) is 8.97. The van der Waals surface area contributed by atoms with Gasteiger partial charge in [0.25, 0.3) is 0 Å². The summed E-state index contributed by atoms with van der Waals surface area (Å²) >= 11 is 14.0. The van der Waals surface area contributed by atoms with E-state index in [1.807, 2.05) is 60.7 Å². The minimum atomic E-state index is -0.169. The van der Waals surface area contributed by atoms with Crippen LogP contribution in [0.4, 0.5) is 0 Å². The highest BCUT2D eigenvalue weighted by Crippen LogP contribution is 2.30. The largest absolute Gasteiger partial charge is 0.487 e. The number of halogens is 4. The third kappa shape index (κ3) is 6.93. The molecule has 0 bridgehead atoms. The van der Waals surface area contributed by atoms with E-state index in [2.05, 4.69) is 71.6 Å². The summed E-state index contributed by atoms with van der Waals surface area (Å²) in [5.41, 5.74) is 5.30. The Morgan fingerprint density at radius 3 is 2.43 bits per heavy atom. The number of hydrogen-bond acceptors (Lipinski definition) is 3. The van der Waals surface area contributed by atoms with E-state index in [4.69, 9.17) is 16.3 Å². The number of hydrogen-bond donors (Lipinski definition) is 1. The van der Waals surface area contributed by atoms with E-state index in [-0.39, 0.29) is 12.3 Å². The lowest BCUT2D eigenvalue weighted by Crippen LogP contribution is -2.19. The fraction of sp³-hybridized carbons (Fsp3) is 0.0909. The van der Waals surface area contributed by atoms with Crippen LogP contribution in [0.3, 0.4) is 0 Å². The van der Waals surface area contributed by atoms with Crippen molar-refractivity contribution in [3.63, 3.8) is 0 Å². The first kappa shape index (κ1) is 23.5. The summed E-state index contributed by atoms with van der Waals surface area (Å²) < 4.78 is 8.88. The van der Waals surface area contributed by atoms with Crippen molar-refractivity contribution in [3.8, 4) is 5.75 Å². The average Bonchev–Trinajstić information content (AvgIpc) is 2.70. The minimum Gasteiger partial charge on any atom is -0.487 e. The Morgan fingerprint density at radius 1 is 1.10 bits per heavy atom. The van der Waals surface area contributed by atoms with Gasteiger partial charge < -0.3 is 4.74 Å². The van der Waals surface area contributed by atoms with E-state index in [0.717, 1.165) is 34.1 Å². The number of benzene rings is 3. The van der Waals surface area contributed by atoms with Crippen molar-refractivity contribution in [2.45, 2.75) is 13.0 Å². The summed E-state index contributed by atoms with van der Waals surface area (Å²) in [5.74, 6) is 0.630. The second-order valence-corrected chi connectivity index (χ2v) is 9.94. The molecule has 0 heterocycles. The van der Waals surface area contributed by atoms with Crippen molar-refractivity contribution < 1.29 is 9.53 Å². The summed E-state index contributed by atoms with van der Waals surface area (Å²) in [6.07, 6.45) is 1.90. The number of carbonyl (C=O) groups is 1. The molecule has 8 heteroatoms. The summed E-state index contributed by atoms with van der Waals surface area (Å²) in [5, 5.41) is 4.76. The van der Waals surface area contributed by atoms with Gasteiger partial charge in [0.15, 0.2) is 0 Å². The van der Waals surface area contributed by atoms with E-state index in [0.29, 0.717) is 11.6 Å². The van der Waals surface area contributed by atoms with Crippen molar-refractivity contribution in [1.82, 2.24) is 5.43 Å². The molecule has 3 aromatic rings. The summed E-state index contributed by atoms with van der Waals surface area (Å²) in [7, 11) is 0. The molecule has 0 radical (unpaired) electrons. The molecule has 0 atom stereocenters. The lowest BCUT2D eigenvalue weighted by Gasteiger charge is -2.12. The molecule has 1 amide bonds. The number of rotatable bonds is 7. The predicted molar refractivity (Wildman–Crippen MR) is 141 cm³/mol. The van der Waals surface area contributed by atoms with Gasteiger partial charge in [-0.15, -0.1) is 0 Å². The monoisotopic (exact) mass is 708 g/mol. The zero-order valence-electron chi connectivity index (χ0n) is 15.5. The van der Waals surface area contributed by atoms with E-state index >= 15 is 0 Å². The van der Waals surface area contributed by atoms with Gasteiger partial charge in [-0.05, 0) is 86.6 Å². The van der Waals surface area contributed by atoms with Crippen LogP contribution in [-0.4, -0.2) is 12.1 Å². The normalized spacial score (nSPS) is 10.9. The van der Waals surface area contributed by atoms with Crippen molar-refractivity contribution >= 4 is 84.8 Å². The Bertz CT molecular complexity index is 1050. The van der Waals surface area contributed by atoms with Gasteiger partial charge in [-0.1, -0.05) is 57.9 Å². The first-order valence-electron chi connectivity index (χ1n) is 8.84. The van der Waals surface area contributed by atoms with Crippen LogP contribution in [0.25, 0.3) is 0 Å². The summed E-state index contributed by atoms with van der Waals surface area (Å²) in [6, 6.07) is 19.1. The third-order valence-electron chi connectivity index (χ3n) is 4.03. The molecule has 3 aromatic carbocycles. The third-order valence-corrected chi connectivity index (χ3v) is 6.53. The molecule has 0 aromatic heterocycles. The van der Waals surface area contributed by atoms with Gasteiger partial charge in [0, 0.05) is 15.1 Å². The molecule has 0 aliphatic carbocycles. The van der Waals surface area contributed by atoms with Crippen LogP contribution in [-0.2, 0) is 17.8 Å². The van der Waals surface area contributed by atoms with Gasteiger partial charge in [0.2, 0.25) is 5.91 Å². The topological polar surface area (TPSA) is 50.7 Å². The summed E-state index contributed by atoms with van der Waals surface area (Å²) in [6.45, 7) is 0.394. The first-order chi connectivity index (χ1) is 14.4. The van der Waals surface area contributed by atoms with Crippen LogP contribution >= 0.6 is 72.7 Å². The molecule has 0 aliphatic heterocycles. The molecule has 0 fully saturated rings.